The molecule has 0 spiro atoms. The van der Waals surface area contributed by atoms with Gasteiger partial charge < -0.3 is 18.8 Å². The standard InChI is InChI=1S/C29H39F3N4O4Si/c1-27(2,3)40-26(37)28(4,5)18-39-24-16-33-22(15-34-24)20-9-11-21(12-10-20)25-35-23(29(30,31)32)17-36(25)19-38-13-14-41(6,7)8/h9-12,15-17H,13-14,18-19H2,1-8H3/q-1. The number of esters is 1. The summed E-state index contributed by atoms with van der Waals surface area (Å²) in [7, 11) is -1.33. The Morgan fingerprint density at radius 1 is 0.951 bits per heavy atom. The van der Waals surface area contributed by atoms with E-state index in [4.69, 9.17) is 14.2 Å². The van der Waals surface area contributed by atoms with E-state index in [1.807, 2.05) is 0 Å². The van der Waals surface area contributed by atoms with Crippen molar-refractivity contribution in [2.75, 3.05) is 13.2 Å². The third kappa shape index (κ3) is 9.67. The average molecular weight is 593 g/mol. The molecule has 2 aromatic heterocycles. The number of halogens is 3. The second-order valence-corrected chi connectivity index (χ2v) is 18.4. The molecule has 0 unspecified atom stereocenters. The van der Waals surface area contributed by atoms with Crippen LogP contribution < -0.4 is 4.74 Å². The zero-order chi connectivity index (χ0) is 30.6. The first-order chi connectivity index (χ1) is 18.8. The van der Waals surface area contributed by atoms with Crippen molar-refractivity contribution in [1.82, 2.24) is 19.5 Å². The van der Waals surface area contributed by atoms with Crippen molar-refractivity contribution in [3.05, 3.63) is 48.5 Å². The van der Waals surface area contributed by atoms with Gasteiger partial charge in [-0.3, -0.25) is 4.79 Å². The van der Waals surface area contributed by atoms with Crippen LogP contribution in [0.4, 0.5) is 13.2 Å². The number of benzene rings is 1. The second-order valence-electron chi connectivity index (χ2n) is 12.8. The highest BCUT2D eigenvalue weighted by atomic mass is 28.3. The highest BCUT2D eigenvalue weighted by Gasteiger charge is 2.35. The summed E-state index contributed by atoms with van der Waals surface area (Å²) in [5.74, 6) is 0.0351. The van der Waals surface area contributed by atoms with Gasteiger partial charge in [0.15, 0.2) is 5.69 Å². The van der Waals surface area contributed by atoms with Gasteiger partial charge in [-0.25, -0.2) is 15.0 Å². The molecule has 0 fully saturated rings. The minimum Gasteiger partial charge on any atom is -0.475 e. The number of hydrogen-bond donors (Lipinski definition) is 0. The maximum Gasteiger partial charge on any atom is 0.434 e. The number of aromatic nitrogens is 4. The van der Waals surface area contributed by atoms with E-state index < -0.39 is 31.0 Å². The lowest BCUT2D eigenvalue weighted by molar-refractivity contribution is -0.167. The molecular formula is C29H39F3N4O4Si-. The SMILES string of the molecule is CC(C)(C)OC(=O)C(C)(C)COc1cnc(-c2ccc(-c3nc(C(F)(F)F)cn3COCC[Si-](C)(C)C)cc2)cn1. The van der Waals surface area contributed by atoms with Gasteiger partial charge in [0.1, 0.15) is 24.8 Å². The van der Waals surface area contributed by atoms with Crippen LogP contribution in [0.5, 0.6) is 5.88 Å². The third-order valence-electron chi connectivity index (χ3n) is 5.89. The fourth-order valence-corrected chi connectivity index (χ4v) is 4.24. The molecule has 3 rings (SSSR count). The molecule has 0 saturated carbocycles. The van der Waals surface area contributed by atoms with Crippen LogP contribution in [-0.4, -0.2) is 52.4 Å². The van der Waals surface area contributed by atoms with Crippen molar-refractivity contribution in [1.29, 1.82) is 0 Å². The molecule has 0 atom stereocenters. The van der Waals surface area contributed by atoms with Crippen molar-refractivity contribution in [3.8, 4) is 28.5 Å². The Balaban J connectivity index is 1.70. The Labute approximate surface area is 240 Å². The smallest absolute Gasteiger partial charge is 0.434 e. The minimum absolute atomic E-state index is 0.0255. The van der Waals surface area contributed by atoms with Gasteiger partial charge >= 0.3 is 12.1 Å². The first kappa shape index (κ1) is 32.3. The lowest BCUT2D eigenvalue weighted by Gasteiger charge is -2.28. The van der Waals surface area contributed by atoms with Gasteiger partial charge in [-0.05, 0) is 34.6 Å². The van der Waals surface area contributed by atoms with Gasteiger partial charge in [-0.15, -0.1) is 14.1 Å². The maximum atomic E-state index is 13.4. The number of carbonyl (C=O) groups is 1. The van der Waals surface area contributed by atoms with Crippen LogP contribution in [0.3, 0.4) is 0 Å². The predicted molar refractivity (Wildman–Crippen MR) is 153 cm³/mol. The molecule has 0 aliphatic carbocycles. The van der Waals surface area contributed by atoms with E-state index >= 15 is 0 Å². The van der Waals surface area contributed by atoms with Crippen LogP contribution in [0.1, 0.15) is 40.3 Å². The molecule has 0 aliphatic rings. The first-order valence-corrected chi connectivity index (χ1v) is 17.1. The molecule has 0 bridgehead atoms. The molecule has 2 heterocycles. The number of rotatable bonds is 11. The third-order valence-corrected chi connectivity index (χ3v) is 7.60. The average Bonchev–Trinajstić information content (AvgIpc) is 3.29. The Hall–Kier alpha value is -3.25. The Morgan fingerprint density at radius 3 is 2.12 bits per heavy atom. The summed E-state index contributed by atoms with van der Waals surface area (Å²) < 4.78 is 58.5. The molecule has 1 aromatic carbocycles. The lowest BCUT2D eigenvalue weighted by Crippen LogP contribution is -2.37. The summed E-state index contributed by atoms with van der Waals surface area (Å²) in [6.07, 6.45) is -0.611. The number of alkyl halides is 3. The van der Waals surface area contributed by atoms with Crippen LogP contribution >= 0.6 is 0 Å². The monoisotopic (exact) mass is 592 g/mol. The van der Waals surface area contributed by atoms with E-state index in [1.165, 1.54) is 17.0 Å². The molecule has 3 aromatic rings. The number of imidazole rings is 1. The molecule has 12 heteroatoms. The molecule has 225 valence electrons. The highest BCUT2D eigenvalue weighted by molar-refractivity contribution is 6.76. The number of hydrogen-bond acceptors (Lipinski definition) is 7. The van der Waals surface area contributed by atoms with Crippen molar-refractivity contribution in [2.24, 2.45) is 5.41 Å². The van der Waals surface area contributed by atoms with Crippen molar-refractivity contribution in [2.45, 2.75) is 78.8 Å². The van der Waals surface area contributed by atoms with Crippen LogP contribution in [0, 0.1) is 5.41 Å². The van der Waals surface area contributed by atoms with Gasteiger partial charge in [0.2, 0.25) is 5.88 Å². The number of ether oxygens (including phenoxy) is 3. The number of nitrogens with zero attached hydrogens (tertiary/aromatic N) is 4. The highest BCUT2D eigenvalue weighted by Crippen LogP contribution is 2.32. The fraction of sp³-hybridized carbons (Fsp3) is 0.517. The molecule has 0 saturated heterocycles. The van der Waals surface area contributed by atoms with Gasteiger partial charge in [0.25, 0.3) is 0 Å². The fourth-order valence-electron chi connectivity index (χ4n) is 3.48. The van der Waals surface area contributed by atoms with Gasteiger partial charge in [-0.2, -0.15) is 32.8 Å². The molecule has 0 N–H and O–H groups in total. The van der Waals surface area contributed by atoms with Crippen LogP contribution in [0.25, 0.3) is 22.6 Å². The minimum atomic E-state index is -4.57. The van der Waals surface area contributed by atoms with E-state index in [0.29, 0.717) is 23.4 Å². The molecule has 0 aliphatic heterocycles. The van der Waals surface area contributed by atoms with E-state index in [1.54, 1.807) is 58.9 Å². The van der Waals surface area contributed by atoms with Crippen LogP contribution in [0.2, 0.25) is 25.7 Å². The van der Waals surface area contributed by atoms with Crippen LogP contribution in [0.15, 0.2) is 42.9 Å². The Kier molecular flexibility index (Phi) is 9.69. The zero-order valence-corrected chi connectivity index (χ0v) is 25.9. The molecule has 0 amide bonds. The lowest BCUT2D eigenvalue weighted by atomic mass is 9.95. The molecule has 0 radical (unpaired) electrons. The quantitative estimate of drug-likeness (QED) is 0.133. The maximum absolute atomic E-state index is 13.4. The second kappa shape index (κ2) is 12.3. The molecule has 41 heavy (non-hydrogen) atoms. The van der Waals surface area contributed by atoms with E-state index in [0.717, 1.165) is 12.2 Å². The Bertz CT molecular complexity index is 1310. The predicted octanol–water partition coefficient (Wildman–Crippen LogP) is 7.08. The van der Waals surface area contributed by atoms with Gasteiger partial charge in [0.05, 0.1) is 23.5 Å². The topological polar surface area (TPSA) is 88.4 Å². The zero-order valence-electron chi connectivity index (χ0n) is 24.9. The first-order valence-electron chi connectivity index (χ1n) is 13.4. The van der Waals surface area contributed by atoms with Gasteiger partial charge in [-0.1, -0.05) is 24.3 Å². The van der Waals surface area contributed by atoms with Crippen molar-refractivity contribution < 1.29 is 32.2 Å². The van der Waals surface area contributed by atoms with E-state index in [9.17, 15) is 18.0 Å². The van der Waals surface area contributed by atoms with E-state index in [2.05, 4.69) is 34.6 Å². The molecular weight excluding hydrogens is 553 g/mol. The Morgan fingerprint density at radius 2 is 1.59 bits per heavy atom. The van der Waals surface area contributed by atoms with Gasteiger partial charge in [0, 0.05) is 23.9 Å². The summed E-state index contributed by atoms with van der Waals surface area (Å²) >= 11 is 0. The molecule has 8 nitrogen and oxygen atoms in total. The van der Waals surface area contributed by atoms with E-state index in [-0.39, 0.29) is 31.0 Å². The summed E-state index contributed by atoms with van der Waals surface area (Å²) in [5, 5.41) is 0. The summed E-state index contributed by atoms with van der Waals surface area (Å²) in [4.78, 5) is 25.0. The van der Waals surface area contributed by atoms with Crippen molar-refractivity contribution in [3.63, 3.8) is 0 Å². The summed E-state index contributed by atoms with van der Waals surface area (Å²) in [6.45, 7) is 16.0. The largest absolute Gasteiger partial charge is 0.475 e. The van der Waals surface area contributed by atoms with Crippen LogP contribution in [-0.2, 0) is 27.2 Å². The normalized spacial score (nSPS) is 12.9. The summed E-state index contributed by atoms with van der Waals surface area (Å²) in [6, 6.07) is 7.76. The number of carbonyl (C=O) groups excluding carboxylic acids is 1. The summed E-state index contributed by atoms with van der Waals surface area (Å²) in [5.41, 5.74) is -0.698. The van der Waals surface area contributed by atoms with Crippen molar-refractivity contribution >= 4 is 14.0 Å².